The molecule has 0 unspecified atom stereocenters. The molecule has 2 rings (SSSR count). The molecule has 0 fully saturated rings. The van der Waals surface area contributed by atoms with Gasteiger partial charge < -0.3 is 15.8 Å². The largest absolute Gasteiger partial charge is 0.449 e. The number of esters is 1. The van der Waals surface area contributed by atoms with Crippen LogP contribution in [0.15, 0.2) is 42.5 Å². The molecule has 23 heavy (non-hydrogen) atoms. The minimum atomic E-state index is -1.02. The quantitative estimate of drug-likeness (QED) is 0.671. The lowest BCUT2D eigenvalue weighted by Crippen LogP contribution is -2.30. The minimum absolute atomic E-state index is 0.214. The van der Waals surface area contributed by atoms with Crippen LogP contribution in [0.1, 0.15) is 22.8 Å². The van der Waals surface area contributed by atoms with Gasteiger partial charge in [0, 0.05) is 11.4 Å². The zero-order valence-electron chi connectivity index (χ0n) is 12.8. The molecule has 6 heteroatoms. The first-order chi connectivity index (χ1) is 10.9. The Bertz CT molecular complexity index is 729. The monoisotopic (exact) mass is 316 g/mol. The summed E-state index contributed by atoms with van der Waals surface area (Å²) in [4.78, 5) is 24.1. The second-order valence-electron chi connectivity index (χ2n) is 5.08. The summed E-state index contributed by atoms with van der Waals surface area (Å²) < 4.78 is 17.9. The van der Waals surface area contributed by atoms with Gasteiger partial charge in [0.25, 0.3) is 5.91 Å². The second-order valence-corrected chi connectivity index (χ2v) is 5.08. The Morgan fingerprint density at radius 2 is 1.83 bits per heavy atom. The molecule has 0 aliphatic rings. The van der Waals surface area contributed by atoms with Gasteiger partial charge in [-0.05, 0) is 49.7 Å². The van der Waals surface area contributed by atoms with E-state index in [1.165, 1.54) is 37.3 Å². The van der Waals surface area contributed by atoms with Gasteiger partial charge in [-0.2, -0.15) is 0 Å². The smallest absolute Gasteiger partial charge is 0.341 e. The van der Waals surface area contributed by atoms with Gasteiger partial charge in [0.2, 0.25) is 0 Å². The Hall–Kier alpha value is -2.89. The molecule has 5 nitrogen and oxygen atoms in total. The second kappa shape index (κ2) is 6.91. The van der Waals surface area contributed by atoms with Crippen LogP contribution >= 0.6 is 0 Å². The number of ether oxygens (including phenoxy) is 1. The lowest BCUT2D eigenvalue weighted by atomic mass is 10.1. The number of rotatable bonds is 4. The van der Waals surface area contributed by atoms with Crippen LogP contribution in [0.5, 0.6) is 0 Å². The Kier molecular flexibility index (Phi) is 4.95. The van der Waals surface area contributed by atoms with E-state index in [1.54, 1.807) is 19.1 Å². The maximum atomic E-state index is 12.8. The van der Waals surface area contributed by atoms with E-state index in [9.17, 15) is 14.0 Å². The van der Waals surface area contributed by atoms with E-state index in [2.05, 4.69) is 5.32 Å². The first-order valence-corrected chi connectivity index (χ1v) is 7.01. The van der Waals surface area contributed by atoms with Crippen molar-refractivity contribution in [2.75, 3.05) is 11.1 Å². The van der Waals surface area contributed by atoms with Crippen LogP contribution in [0.25, 0.3) is 0 Å². The van der Waals surface area contributed by atoms with E-state index in [0.717, 1.165) is 5.56 Å². The summed E-state index contributed by atoms with van der Waals surface area (Å²) in [5.74, 6) is -1.60. The van der Waals surface area contributed by atoms with Crippen molar-refractivity contribution in [2.45, 2.75) is 20.0 Å². The summed E-state index contributed by atoms with van der Waals surface area (Å²) in [5.41, 5.74) is 7.54. The SMILES string of the molecule is Cc1cccc(C(=O)O[C@H](C)C(=O)Nc2ccc(F)cc2)c1N. The standard InChI is InChI=1S/C17H17FN2O3/c1-10-4-3-5-14(15(10)19)17(22)23-11(2)16(21)20-13-8-6-12(18)7-9-13/h3-9,11H,19H2,1-2H3,(H,20,21)/t11-/m1/s1. The van der Waals surface area contributed by atoms with E-state index in [4.69, 9.17) is 10.5 Å². The van der Waals surface area contributed by atoms with E-state index < -0.39 is 23.8 Å². The van der Waals surface area contributed by atoms with Crippen molar-refractivity contribution in [1.82, 2.24) is 0 Å². The predicted molar refractivity (Wildman–Crippen MR) is 85.5 cm³/mol. The third-order valence-corrected chi connectivity index (χ3v) is 3.31. The number of nitrogens with one attached hydrogen (secondary N) is 1. The van der Waals surface area contributed by atoms with Crippen LogP contribution in [0.4, 0.5) is 15.8 Å². The van der Waals surface area contributed by atoms with Crippen molar-refractivity contribution in [3.8, 4) is 0 Å². The van der Waals surface area contributed by atoms with E-state index in [1.807, 2.05) is 0 Å². The molecule has 0 heterocycles. The third-order valence-electron chi connectivity index (χ3n) is 3.31. The third kappa shape index (κ3) is 4.06. The molecule has 3 N–H and O–H groups in total. The number of amides is 1. The van der Waals surface area contributed by atoms with Crippen LogP contribution in [0.2, 0.25) is 0 Å². The van der Waals surface area contributed by atoms with Crippen LogP contribution < -0.4 is 11.1 Å². The maximum Gasteiger partial charge on any atom is 0.341 e. The lowest BCUT2D eigenvalue weighted by molar-refractivity contribution is -0.123. The Morgan fingerprint density at radius 3 is 2.48 bits per heavy atom. The Labute approximate surface area is 133 Å². The first-order valence-electron chi connectivity index (χ1n) is 7.01. The number of nitrogens with two attached hydrogens (primary N) is 1. The van der Waals surface area contributed by atoms with Crippen LogP contribution in [0, 0.1) is 12.7 Å². The summed E-state index contributed by atoms with van der Waals surface area (Å²) in [6.07, 6.45) is -1.02. The summed E-state index contributed by atoms with van der Waals surface area (Å²) in [5, 5.41) is 2.54. The van der Waals surface area contributed by atoms with Crippen molar-refractivity contribution in [3.05, 3.63) is 59.4 Å². The molecule has 0 saturated heterocycles. The Balaban J connectivity index is 2.01. The molecule has 120 valence electrons. The highest BCUT2D eigenvalue weighted by molar-refractivity contribution is 5.99. The fourth-order valence-corrected chi connectivity index (χ4v) is 1.91. The highest BCUT2D eigenvalue weighted by Crippen LogP contribution is 2.18. The molecule has 0 spiro atoms. The fourth-order valence-electron chi connectivity index (χ4n) is 1.91. The number of carbonyl (C=O) groups excluding carboxylic acids is 2. The molecule has 1 atom stereocenters. The molecule has 1 amide bonds. The molecular weight excluding hydrogens is 299 g/mol. The van der Waals surface area contributed by atoms with Gasteiger partial charge in [-0.15, -0.1) is 0 Å². The summed E-state index contributed by atoms with van der Waals surface area (Å²) in [7, 11) is 0. The molecule has 0 saturated carbocycles. The molecule has 0 aromatic heterocycles. The predicted octanol–water partition coefficient (Wildman–Crippen LogP) is 2.90. The van der Waals surface area contributed by atoms with Crippen LogP contribution in [-0.4, -0.2) is 18.0 Å². The number of halogens is 1. The molecule has 2 aromatic rings. The summed E-state index contributed by atoms with van der Waals surface area (Å²) in [6.45, 7) is 3.22. The van der Waals surface area contributed by atoms with Crippen molar-refractivity contribution in [3.63, 3.8) is 0 Å². The van der Waals surface area contributed by atoms with Crippen molar-refractivity contribution in [1.29, 1.82) is 0 Å². The molecule has 0 bridgehead atoms. The average Bonchev–Trinajstić information content (AvgIpc) is 2.52. The van der Waals surface area contributed by atoms with Gasteiger partial charge in [0.15, 0.2) is 6.10 Å². The van der Waals surface area contributed by atoms with E-state index in [-0.39, 0.29) is 5.56 Å². The van der Waals surface area contributed by atoms with Gasteiger partial charge in [-0.1, -0.05) is 12.1 Å². The zero-order chi connectivity index (χ0) is 17.0. The van der Waals surface area contributed by atoms with Gasteiger partial charge >= 0.3 is 5.97 Å². The zero-order valence-corrected chi connectivity index (χ0v) is 12.8. The van der Waals surface area contributed by atoms with Crippen LogP contribution in [0.3, 0.4) is 0 Å². The van der Waals surface area contributed by atoms with Crippen molar-refractivity contribution >= 4 is 23.3 Å². The molecule has 2 aromatic carbocycles. The normalized spacial score (nSPS) is 11.6. The fraction of sp³-hybridized carbons (Fsp3) is 0.176. The van der Waals surface area contributed by atoms with Crippen molar-refractivity contribution in [2.24, 2.45) is 0 Å². The number of anilines is 2. The molecule has 0 radical (unpaired) electrons. The number of hydrogen-bond donors (Lipinski definition) is 2. The van der Waals surface area contributed by atoms with Gasteiger partial charge in [-0.25, -0.2) is 9.18 Å². The highest BCUT2D eigenvalue weighted by atomic mass is 19.1. The highest BCUT2D eigenvalue weighted by Gasteiger charge is 2.20. The number of hydrogen-bond acceptors (Lipinski definition) is 4. The number of carbonyl (C=O) groups is 2. The maximum absolute atomic E-state index is 12.8. The minimum Gasteiger partial charge on any atom is -0.449 e. The van der Waals surface area contributed by atoms with Gasteiger partial charge in [0.05, 0.1) is 5.56 Å². The molecule has 0 aliphatic heterocycles. The number of nitrogen functional groups attached to an aromatic ring is 1. The average molecular weight is 316 g/mol. The first kappa shape index (κ1) is 16.5. The topological polar surface area (TPSA) is 81.4 Å². The lowest BCUT2D eigenvalue weighted by Gasteiger charge is -2.14. The van der Waals surface area contributed by atoms with E-state index in [0.29, 0.717) is 11.4 Å². The Morgan fingerprint density at radius 1 is 1.17 bits per heavy atom. The summed E-state index contributed by atoms with van der Waals surface area (Å²) in [6, 6.07) is 10.3. The molecule has 0 aliphatic carbocycles. The molecular formula is C17H17FN2O3. The number of benzene rings is 2. The number of para-hydroxylation sites is 1. The van der Waals surface area contributed by atoms with Crippen molar-refractivity contribution < 1.29 is 18.7 Å². The number of aryl methyl sites for hydroxylation is 1. The van der Waals surface area contributed by atoms with Gasteiger partial charge in [0.1, 0.15) is 5.82 Å². The van der Waals surface area contributed by atoms with Crippen LogP contribution in [-0.2, 0) is 9.53 Å². The van der Waals surface area contributed by atoms with E-state index >= 15 is 0 Å². The van der Waals surface area contributed by atoms with Gasteiger partial charge in [-0.3, -0.25) is 4.79 Å². The summed E-state index contributed by atoms with van der Waals surface area (Å²) >= 11 is 0.